The van der Waals surface area contributed by atoms with Gasteiger partial charge in [0.15, 0.2) is 5.13 Å². The average Bonchev–Trinajstić information content (AvgIpc) is 2.80. The number of esters is 1. The Labute approximate surface area is 124 Å². The van der Waals surface area contributed by atoms with Crippen LogP contribution in [0, 0.1) is 17.0 Å². The fraction of sp³-hybridized carbons (Fsp3) is 0.231. The molecule has 2 rings (SSSR count). The highest BCUT2D eigenvalue weighted by Crippen LogP contribution is 2.30. The van der Waals surface area contributed by atoms with Gasteiger partial charge < -0.3 is 10.1 Å². The molecule has 0 spiro atoms. The van der Waals surface area contributed by atoms with Crippen LogP contribution in [0.2, 0.25) is 0 Å². The van der Waals surface area contributed by atoms with Gasteiger partial charge in [0.25, 0.3) is 5.69 Å². The second-order valence-corrected chi connectivity index (χ2v) is 5.05. The van der Waals surface area contributed by atoms with E-state index in [-0.39, 0.29) is 12.3 Å². The summed E-state index contributed by atoms with van der Waals surface area (Å²) in [7, 11) is 0. The van der Waals surface area contributed by atoms with E-state index in [4.69, 9.17) is 4.74 Å². The van der Waals surface area contributed by atoms with E-state index in [1.165, 1.54) is 6.07 Å². The van der Waals surface area contributed by atoms with Crippen LogP contribution in [0.4, 0.5) is 16.5 Å². The Balaban J connectivity index is 2.27. The Kier molecular flexibility index (Phi) is 4.49. The van der Waals surface area contributed by atoms with Crippen molar-refractivity contribution in [1.29, 1.82) is 0 Å². The summed E-state index contributed by atoms with van der Waals surface area (Å²) in [5, 5.41) is 14.2. The summed E-state index contributed by atoms with van der Waals surface area (Å²) in [5.74, 6) is -0.442. The topological polar surface area (TPSA) is 94.4 Å². The largest absolute Gasteiger partial charge is 0.462 e. The smallest absolute Gasteiger partial charge is 0.350 e. The predicted molar refractivity (Wildman–Crippen MR) is 79.2 cm³/mol. The van der Waals surface area contributed by atoms with Gasteiger partial charge in [-0.05, 0) is 19.9 Å². The van der Waals surface area contributed by atoms with Crippen LogP contribution in [0.1, 0.15) is 22.3 Å². The highest BCUT2D eigenvalue weighted by molar-refractivity contribution is 7.17. The van der Waals surface area contributed by atoms with Gasteiger partial charge >= 0.3 is 5.97 Å². The van der Waals surface area contributed by atoms with Gasteiger partial charge in [-0.25, -0.2) is 9.78 Å². The first-order valence-electron chi connectivity index (χ1n) is 6.18. The van der Waals surface area contributed by atoms with Gasteiger partial charge in [0.1, 0.15) is 10.6 Å². The maximum Gasteiger partial charge on any atom is 0.350 e. The maximum atomic E-state index is 11.7. The third-order valence-corrected chi connectivity index (χ3v) is 3.65. The molecule has 0 bridgehead atoms. The number of nitro groups is 1. The maximum absolute atomic E-state index is 11.7. The fourth-order valence-corrected chi connectivity index (χ4v) is 2.56. The number of hydrogen-bond donors (Lipinski definition) is 1. The van der Waals surface area contributed by atoms with Crippen LogP contribution in [-0.2, 0) is 4.74 Å². The summed E-state index contributed by atoms with van der Waals surface area (Å²) in [4.78, 5) is 26.8. The molecule has 0 saturated heterocycles. The molecule has 0 aliphatic rings. The molecule has 0 aliphatic heterocycles. The molecule has 21 heavy (non-hydrogen) atoms. The molecule has 0 aliphatic carbocycles. The Bertz CT molecular complexity index is 684. The first-order chi connectivity index (χ1) is 10.0. The van der Waals surface area contributed by atoms with Crippen molar-refractivity contribution in [2.24, 2.45) is 0 Å². The van der Waals surface area contributed by atoms with Crippen molar-refractivity contribution < 1.29 is 14.5 Å². The minimum Gasteiger partial charge on any atom is -0.462 e. The van der Waals surface area contributed by atoms with E-state index in [1.54, 1.807) is 32.0 Å². The molecule has 1 aromatic heterocycles. The third-order valence-electron chi connectivity index (χ3n) is 2.60. The number of hydrogen-bond acceptors (Lipinski definition) is 7. The van der Waals surface area contributed by atoms with Gasteiger partial charge in [0, 0.05) is 6.07 Å². The van der Waals surface area contributed by atoms with E-state index < -0.39 is 10.9 Å². The van der Waals surface area contributed by atoms with E-state index >= 15 is 0 Å². The molecule has 110 valence electrons. The molecule has 0 atom stereocenters. The number of nitrogens with zero attached hydrogens (tertiary/aromatic N) is 2. The minimum atomic E-state index is -0.477. The van der Waals surface area contributed by atoms with Crippen LogP contribution in [0.3, 0.4) is 0 Å². The van der Waals surface area contributed by atoms with Gasteiger partial charge in [-0.15, -0.1) is 0 Å². The number of aryl methyl sites for hydroxylation is 1. The Hall–Kier alpha value is -2.48. The van der Waals surface area contributed by atoms with Crippen molar-refractivity contribution in [2.75, 3.05) is 11.9 Å². The van der Waals surface area contributed by atoms with Crippen LogP contribution in [0.15, 0.2) is 24.3 Å². The minimum absolute atomic E-state index is 0.0527. The molecule has 7 nitrogen and oxygen atoms in total. The molecule has 2 aromatic rings. The number of benzene rings is 1. The second-order valence-electron chi connectivity index (χ2n) is 4.05. The Morgan fingerprint density at radius 1 is 1.48 bits per heavy atom. The highest BCUT2D eigenvalue weighted by atomic mass is 32.1. The number of carbonyl (C=O) groups is 1. The number of para-hydroxylation sites is 2. The molecular formula is C13H13N3O4S. The monoisotopic (exact) mass is 307 g/mol. The van der Waals surface area contributed by atoms with E-state index in [0.717, 1.165) is 11.3 Å². The van der Waals surface area contributed by atoms with Gasteiger partial charge in [-0.2, -0.15) is 0 Å². The van der Waals surface area contributed by atoms with Gasteiger partial charge in [0.2, 0.25) is 0 Å². The summed E-state index contributed by atoms with van der Waals surface area (Å²) < 4.78 is 4.93. The van der Waals surface area contributed by atoms with Crippen molar-refractivity contribution in [3.63, 3.8) is 0 Å². The SMILES string of the molecule is CCOC(=O)c1sc(Nc2ccccc2[N+](=O)[O-])nc1C. The second kappa shape index (κ2) is 6.31. The lowest BCUT2D eigenvalue weighted by atomic mass is 10.3. The van der Waals surface area contributed by atoms with Crippen molar-refractivity contribution in [2.45, 2.75) is 13.8 Å². The Morgan fingerprint density at radius 3 is 2.86 bits per heavy atom. The number of aromatic nitrogens is 1. The third kappa shape index (κ3) is 3.34. The summed E-state index contributed by atoms with van der Waals surface area (Å²) in [6.07, 6.45) is 0. The number of ether oxygens (including phenoxy) is 1. The van der Waals surface area contributed by atoms with Crippen LogP contribution >= 0.6 is 11.3 Å². The number of anilines is 2. The quantitative estimate of drug-likeness (QED) is 0.517. The van der Waals surface area contributed by atoms with Crippen molar-refractivity contribution >= 4 is 33.8 Å². The Morgan fingerprint density at radius 2 is 2.19 bits per heavy atom. The highest BCUT2D eigenvalue weighted by Gasteiger charge is 2.18. The van der Waals surface area contributed by atoms with Gasteiger partial charge in [-0.1, -0.05) is 23.5 Å². The van der Waals surface area contributed by atoms with Crippen LogP contribution in [-0.4, -0.2) is 22.5 Å². The number of carbonyl (C=O) groups excluding carboxylic acids is 1. The zero-order valence-electron chi connectivity index (χ0n) is 11.5. The summed E-state index contributed by atoms with van der Waals surface area (Å²) in [5.41, 5.74) is 0.800. The van der Waals surface area contributed by atoms with Gasteiger partial charge in [0.05, 0.1) is 17.2 Å². The van der Waals surface area contributed by atoms with Crippen molar-refractivity contribution in [3.05, 3.63) is 45.0 Å². The molecule has 1 aromatic carbocycles. The molecule has 0 saturated carbocycles. The first-order valence-corrected chi connectivity index (χ1v) is 6.99. The first kappa shape index (κ1) is 14.9. The summed E-state index contributed by atoms with van der Waals surface area (Å²) >= 11 is 1.10. The lowest BCUT2D eigenvalue weighted by Gasteiger charge is -2.02. The molecule has 0 amide bonds. The van der Waals surface area contributed by atoms with Crippen LogP contribution < -0.4 is 5.32 Å². The number of thiazole rings is 1. The van der Waals surface area contributed by atoms with E-state index in [1.807, 2.05) is 0 Å². The summed E-state index contributed by atoms with van der Waals surface area (Å²) in [6, 6.07) is 6.25. The van der Waals surface area contributed by atoms with Crippen molar-refractivity contribution in [3.8, 4) is 0 Å². The van der Waals surface area contributed by atoms with Crippen molar-refractivity contribution in [1.82, 2.24) is 4.98 Å². The van der Waals surface area contributed by atoms with Crippen LogP contribution in [0.5, 0.6) is 0 Å². The molecular weight excluding hydrogens is 294 g/mol. The number of nitro benzene ring substituents is 1. The molecule has 1 heterocycles. The molecule has 8 heteroatoms. The average molecular weight is 307 g/mol. The zero-order chi connectivity index (χ0) is 15.4. The summed E-state index contributed by atoms with van der Waals surface area (Å²) in [6.45, 7) is 3.69. The molecule has 1 N–H and O–H groups in total. The zero-order valence-corrected chi connectivity index (χ0v) is 12.3. The van der Waals surface area contributed by atoms with E-state index in [2.05, 4.69) is 10.3 Å². The standard InChI is InChI=1S/C13H13N3O4S/c1-3-20-12(17)11-8(2)14-13(21-11)15-9-6-4-5-7-10(9)16(18)19/h4-7H,3H2,1-2H3,(H,14,15). The normalized spacial score (nSPS) is 10.2. The fourth-order valence-electron chi connectivity index (χ4n) is 1.69. The predicted octanol–water partition coefficient (Wildman–Crippen LogP) is 3.28. The molecule has 0 fully saturated rings. The lowest BCUT2D eigenvalue weighted by Crippen LogP contribution is -2.03. The van der Waals surface area contributed by atoms with E-state index in [9.17, 15) is 14.9 Å². The lowest BCUT2D eigenvalue weighted by molar-refractivity contribution is -0.383. The molecule has 0 unspecified atom stereocenters. The van der Waals surface area contributed by atoms with E-state index in [0.29, 0.717) is 21.4 Å². The van der Waals surface area contributed by atoms with Gasteiger partial charge in [-0.3, -0.25) is 10.1 Å². The number of rotatable bonds is 5. The van der Waals surface area contributed by atoms with Crippen LogP contribution in [0.25, 0.3) is 0 Å². The number of nitrogens with one attached hydrogen (secondary N) is 1. The molecule has 0 radical (unpaired) electrons.